The van der Waals surface area contributed by atoms with E-state index in [9.17, 15) is 92.3 Å². The second-order valence-corrected chi connectivity index (χ2v) is 27.8. The predicted molar refractivity (Wildman–Crippen MR) is 430 cm³/mol. The molecule has 646 valence electrons. The van der Waals surface area contributed by atoms with Crippen molar-refractivity contribution in [2.24, 2.45) is 0 Å². The SMILES string of the molecule is COC(=O)CCN(CCNC(=O)CCN(CCNC(=O)CCN(CCNc1ccc2c3c1cccc3c(=O)n1c3ccccc3nc21)CCC(=O)NCCN(CCC(=O)NCCN(CCC(=O)O)CCC(=O)OC)CCC(=O)NCCN(CCC(=O)O)CCC(=O)OC)CCC(=O)NCCN(CCC(=O)O)CCC(=O)OC)CCC(=O)O. The van der Waals surface area contributed by atoms with E-state index in [1.807, 2.05) is 63.2 Å². The van der Waals surface area contributed by atoms with Crippen molar-refractivity contribution in [3.05, 3.63) is 65.0 Å². The van der Waals surface area contributed by atoms with E-state index in [0.717, 1.165) is 21.8 Å². The average molecular weight is 1650 g/mol. The third-order valence-electron chi connectivity index (χ3n) is 19.5. The highest BCUT2D eigenvalue weighted by atomic mass is 16.5. The van der Waals surface area contributed by atoms with Gasteiger partial charge in [-0.05, 0) is 30.3 Å². The fourth-order valence-corrected chi connectivity index (χ4v) is 12.8. The van der Waals surface area contributed by atoms with Crippen LogP contribution in [0.2, 0.25) is 0 Å². The summed E-state index contributed by atoms with van der Waals surface area (Å²) in [5, 5.41) is 60.7. The summed E-state index contributed by atoms with van der Waals surface area (Å²) in [4.78, 5) is 206. The maximum absolute atomic E-state index is 14.2. The van der Waals surface area contributed by atoms with E-state index in [0.29, 0.717) is 35.2 Å². The van der Waals surface area contributed by atoms with Crippen molar-refractivity contribution in [2.75, 3.05) is 217 Å². The number of carbonyl (C=O) groups excluding carboxylic acids is 10. The monoisotopic (exact) mass is 1640 g/mol. The molecule has 0 aliphatic rings. The normalized spacial score (nSPS) is 11.5. The minimum absolute atomic E-state index is 0.00972. The zero-order valence-corrected chi connectivity index (χ0v) is 67.5. The molecule has 0 radical (unpaired) electrons. The van der Waals surface area contributed by atoms with Crippen molar-refractivity contribution in [3.8, 4) is 0 Å². The summed E-state index contributed by atoms with van der Waals surface area (Å²) in [6, 6.07) is 16.8. The first-order valence-corrected chi connectivity index (χ1v) is 39.3. The number of carboxylic acid groups (broad SMARTS) is 4. The average Bonchev–Trinajstić information content (AvgIpc) is 1.62. The van der Waals surface area contributed by atoms with Gasteiger partial charge in [-0.1, -0.05) is 24.3 Å². The summed E-state index contributed by atoms with van der Waals surface area (Å²) in [5.41, 5.74) is 2.38. The van der Waals surface area contributed by atoms with Crippen LogP contribution in [0.25, 0.3) is 38.2 Å². The molecule has 0 bridgehead atoms. The highest BCUT2D eigenvalue weighted by molar-refractivity contribution is 6.18. The van der Waals surface area contributed by atoms with E-state index in [-0.39, 0.29) is 301 Å². The number of fused-ring (bicyclic) bond motifs is 4. The summed E-state index contributed by atoms with van der Waals surface area (Å²) in [7, 11) is 4.98. The molecule has 0 fully saturated rings. The van der Waals surface area contributed by atoms with Gasteiger partial charge < -0.3 is 111 Å². The van der Waals surface area contributed by atoms with Gasteiger partial charge in [0.15, 0.2) is 0 Å². The number of imidazole rings is 1. The van der Waals surface area contributed by atoms with Gasteiger partial charge in [0.25, 0.3) is 5.56 Å². The molecule has 0 unspecified atom stereocenters. The maximum atomic E-state index is 14.2. The number of pyridine rings is 1. The minimum atomic E-state index is -1.03. The summed E-state index contributed by atoms with van der Waals surface area (Å²) in [6.45, 7) is 4.87. The Hall–Kier alpha value is -10.8. The number of para-hydroxylation sites is 2. The molecule has 2 heterocycles. The van der Waals surface area contributed by atoms with Gasteiger partial charge in [-0.15, -0.1) is 0 Å². The molecule has 0 saturated heterocycles. The minimum Gasteiger partial charge on any atom is -0.481 e. The number of benzene rings is 3. The van der Waals surface area contributed by atoms with Crippen LogP contribution in [0.1, 0.15) is 89.9 Å². The highest BCUT2D eigenvalue weighted by Gasteiger charge is 2.23. The Morgan fingerprint density at radius 1 is 0.316 bits per heavy atom. The standard InChI is InChI=1S/C78H116N16O23/c1-114-72(109)24-45-90(41-20-68(101)102)52-31-82-64(97)16-37-88(38-17-65(98)83-32-53-91(42-21-69(103)104)46-25-73(110)115-2)50-29-80-62(95)14-35-87(49-28-79-59-13-12-57-76-56(59)8-7-9-58(76)78(113)94-61-11-6-5-10-60(61)86-77(57)94)36-15-63(96)81-30-51-89(39-18-66(99)84-33-54-92(43-22-70(105)106)47-26-74(111)116-3)40-19-67(100)85-34-55-93(44-23-71(107)108)48-27-75(112)117-4/h5-13,79H,14-55H2,1-4H3,(H,80,95)(H,81,96)(H,82,97)(H,83,98)(H,84,99)(H,85,100)(H,101,102)(H,103,104)(H,105,106)(H,107,108). The lowest BCUT2D eigenvalue weighted by molar-refractivity contribution is -0.142. The molecule has 5 rings (SSSR count). The zero-order valence-electron chi connectivity index (χ0n) is 67.5. The Bertz CT molecular complexity index is 3850. The molecule has 11 N–H and O–H groups in total. The lowest BCUT2D eigenvalue weighted by Gasteiger charge is -2.25. The molecule has 3 aromatic carbocycles. The van der Waals surface area contributed by atoms with E-state index < -0.39 is 47.8 Å². The molecule has 2 aromatic heterocycles. The molecule has 6 amide bonds. The number of carboxylic acids is 4. The molecule has 0 spiro atoms. The molecular formula is C78H116N16O23. The number of rotatable bonds is 64. The number of hydrogen-bond donors (Lipinski definition) is 11. The summed E-state index contributed by atoms with van der Waals surface area (Å²) in [6.07, 6.45) is -0.939. The number of esters is 4. The van der Waals surface area contributed by atoms with Gasteiger partial charge >= 0.3 is 47.8 Å². The number of aliphatic carboxylic acids is 4. The van der Waals surface area contributed by atoms with Crippen LogP contribution < -0.4 is 42.8 Å². The number of carbonyl (C=O) groups is 14. The summed E-state index contributed by atoms with van der Waals surface area (Å²) < 4.78 is 20.6. The van der Waals surface area contributed by atoms with Crippen molar-refractivity contribution in [1.82, 2.24) is 75.6 Å². The smallest absolute Gasteiger partial charge is 0.306 e. The van der Waals surface area contributed by atoms with Crippen LogP contribution >= 0.6 is 0 Å². The molecule has 117 heavy (non-hydrogen) atoms. The van der Waals surface area contributed by atoms with Crippen LogP contribution in [-0.4, -0.2) is 359 Å². The summed E-state index contributed by atoms with van der Waals surface area (Å²) >= 11 is 0. The maximum Gasteiger partial charge on any atom is 0.306 e. The van der Waals surface area contributed by atoms with Gasteiger partial charge in [-0.2, -0.15) is 0 Å². The van der Waals surface area contributed by atoms with E-state index in [2.05, 4.69) is 37.2 Å². The van der Waals surface area contributed by atoms with E-state index in [1.54, 1.807) is 30.1 Å². The third-order valence-corrected chi connectivity index (χ3v) is 19.5. The van der Waals surface area contributed by atoms with Crippen LogP contribution in [-0.2, 0) is 86.1 Å². The molecule has 5 aromatic rings. The van der Waals surface area contributed by atoms with Crippen molar-refractivity contribution >= 4 is 127 Å². The first kappa shape index (κ1) is 96.7. The Labute approximate surface area is 678 Å². The molecule has 39 nitrogen and oxygen atoms in total. The number of ether oxygens (including phenoxy) is 4. The first-order chi connectivity index (χ1) is 56.2. The molecular weight excluding hydrogens is 1530 g/mol. The van der Waals surface area contributed by atoms with Gasteiger partial charge in [0.05, 0.1) is 90.8 Å². The Balaban J connectivity index is 1.29. The van der Waals surface area contributed by atoms with E-state index >= 15 is 0 Å². The number of amides is 6. The van der Waals surface area contributed by atoms with Crippen molar-refractivity contribution < 1.29 is 106 Å². The zero-order chi connectivity index (χ0) is 85.4. The third kappa shape index (κ3) is 38.2. The van der Waals surface area contributed by atoms with E-state index in [1.165, 1.54) is 28.4 Å². The van der Waals surface area contributed by atoms with E-state index in [4.69, 9.17) is 23.9 Å². The second-order valence-electron chi connectivity index (χ2n) is 27.8. The number of anilines is 1. The van der Waals surface area contributed by atoms with Gasteiger partial charge in [-0.25, -0.2) is 4.98 Å². The first-order valence-electron chi connectivity index (χ1n) is 39.3. The molecule has 0 atom stereocenters. The second kappa shape index (κ2) is 54.1. The molecule has 0 aliphatic heterocycles. The Kier molecular flexibility index (Phi) is 44.8. The molecule has 0 aliphatic carbocycles. The van der Waals surface area contributed by atoms with Crippen molar-refractivity contribution in [3.63, 3.8) is 0 Å². The fourth-order valence-electron chi connectivity index (χ4n) is 12.8. The quantitative estimate of drug-likeness (QED) is 0.0169. The molecule has 0 saturated carbocycles. The molecule has 39 heteroatoms. The van der Waals surface area contributed by atoms with Gasteiger partial charge in [0, 0.05) is 249 Å². The number of aromatic nitrogens is 2. The van der Waals surface area contributed by atoms with Gasteiger partial charge in [0.1, 0.15) is 5.65 Å². The Morgan fingerprint density at radius 3 is 0.889 bits per heavy atom. The van der Waals surface area contributed by atoms with Gasteiger partial charge in [0.2, 0.25) is 35.4 Å². The van der Waals surface area contributed by atoms with Crippen LogP contribution in [0.5, 0.6) is 0 Å². The predicted octanol–water partition coefficient (Wildman–Crippen LogP) is -0.693. The van der Waals surface area contributed by atoms with Crippen LogP contribution in [0.4, 0.5) is 5.69 Å². The fraction of sp³-hybridized carbons (Fsp3) is 0.590. The highest BCUT2D eigenvalue weighted by Crippen LogP contribution is 2.34. The van der Waals surface area contributed by atoms with Crippen molar-refractivity contribution in [2.45, 2.75) is 89.9 Å². The van der Waals surface area contributed by atoms with Crippen molar-refractivity contribution in [1.29, 1.82) is 0 Å². The topological polar surface area (TPSA) is 498 Å². The number of methoxy groups -OCH3 is 4. The van der Waals surface area contributed by atoms with Crippen LogP contribution in [0.15, 0.2) is 59.4 Å². The number of hydrogen-bond acceptors (Lipinski definition) is 28. The van der Waals surface area contributed by atoms with Crippen LogP contribution in [0.3, 0.4) is 0 Å². The lowest BCUT2D eigenvalue weighted by atomic mass is 10.0. The Morgan fingerprint density at radius 2 is 0.590 bits per heavy atom. The lowest BCUT2D eigenvalue weighted by Crippen LogP contribution is -2.42. The van der Waals surface area contributed by atoms with Crippen LogP contribution in [0, 0.1) is 0 Å². The summed E-state index contributed by atoms with van der Waals surface area (Å²) in [5.74, 6) is -8.18. The number of nitrogens with one attached hydrogen (secondary N) is 7. The largest absolute Gasteiger partial charge is 0.481 e. The van der Waals surface area contributed by atoms with Gasteiger partial charge in [-0.3, -0.25) is 76.3 Å². The number of nitrogens with zero attached hydrogens (tertiary/aromatic N) is 9.